The first-order valence-corrected chi connectivity index (χ1v) is 7.48. The molecule has 2 rings (SSSR count). The summed E-state index contributed by atoms with van der Waals surface area (Å²) in [6.07, 6.45) is 1.29. The lowest BCUT2D eigenvalue weighted by Crippen LogP contribution is -2.38. The molecule has 1 N–H and O–H groups in total. The van der Waals surface area contributed by atoms with Crippen molar-refractivity contribution in [3.8, 4) is 0 Å². The van der Waals surface area contributed by atoms with Crippen molar-refractivity contribution in [2.24, 2.45) is 11.3 Å². The quantitative estimate of drug-likeness (QED) is 0.890. The lowest BCUT2D eigenvalue weighted by Gasteiger charge is -2.37. The van der Waals surface area contributed by atoms with E-state index in [-0.39, 0.29) is 12.4 Å². The molecular weight excluding hydrogens is 268 g/mol. The highest BCUT2D eigenvalue weighted by atomic mass is 35.5. The molecule has 0 saturated carbocycles. The van der Waals surface area contributed by atoms with E-state index in [0.29, 0.717) is 17.4 Å². The Kier molecular flexibility index (Phi) is 6.50. The summed E-state index contributed by atoms with van der Waals surface area (Å²) >= 11 is 0. The van der Waals surface area contributed by atoms with Crippen molar-refractivity contribution >= 4 is 12.4 Å². The molecule has 20 heavy (non-hydrogen) atoms. The molecule has 2 nitrogen and oxygen atoms in total. The number of hydrogen-bond donors (Lipinski definition) is 1. The second kappa shape index (κ2) is 7.44. The van der Waals surface area contributed by atoms with Gasteiger partial charge < -0.3 is 5.32 Å². The van der Waals surface area contributed by atoms with E-state index >= 15 is 0 Å². The van der Waals surface area contributed by atoms with E-state index in [9.17, 15) is 0 Å². The zero-order valence-corrected chi connectivity index (χ0v) is 14.0. The van der Waals surface area contributed by atoms with Crippen LogP contribution in [0, 0.1) is 11.3 Å². The van der Waals surface area contributed by atoms with Gasteiger partial charge >= 0.3 is 0 Å². The molecule has 1 aromatic rings. The molecule has 0 radical (unpaired) electrons. The third-order valence-electron chi connectivity index (χ3n) is 4.34. The van der Waals surface area contributed by atoms with Crippen LogP contribution in [0.5, 0.6) is 0 Å². The topological polar surface area (TPSA) is 15.3 Å². The summed E-state index contributed by atoms with van der Waals surface area (Å²) in [5.74, 6) is 0.630. The largest absolute Gasteiger partial charge is 0.316 e. The van der Waals surface area contributed by atoms with Crippen molar-refractivity contribution in [3.05, 3.63) is 35.9 Å². The number of hydrogen-bond acceptors (Lipinski definition) is 2. The zero-order chi connectivity index (χ0) is 13.9. The number of rotatable bonds is 5. The molecule has 2 atom stereocenters. The first-order chi connectivity index (χ1) is 9.02. The van der Waals surface area contributed by atoms with Gasteiger partial charge in [0.2, 0.25) is 0 Å². The molecule has 1 aliphatic heterocycles. The Morgan fingerprint density at radius 1 is 1.25 bits per heavy atom. The smallest absolute Gasteiger partial charge is 0.0368 e. The monoisotopic (exact) mass is 296 g/mol. The number of nitrogens with zero attached hydrogens (tertiary/aromatic N) is 1. The Morgan fingerprint density at radius 2 is 1.90 bits per heavy atom. The van der Waals surface area contributed by atoms with Crippen LogP contribution in [0.2, 0.25) is 0 Å². The fourth-order valence-electron chi connectivity index (χ4n) is 3.50. The SMILES string of the molecule is CC(C)C(c1ccccc1)N(C)CC1(C)CCNC1.Cl. The maximum atomic E-state index is 3.50. The van der Waals surface area contributed by atoms with Crippen LogP contribution in [0.25, 0.3) is 0 Å². The van der Waals surface area contributed by atoms with Crippen molar-refractivity contribution < 1.29 is 0 Å². The summed E-state index contributed by atoms with van der Waals surface area (Å²) in [5.41, 5.74) is 1.87. The summed E-state index contributed by atoms with van der Waals surface area (Å²) in [6.45, 7) is 10.5. The molecule has 1 aliphatic rings. The van der Waals surface area contributed by atoms with Crippen LogP contribution in [0.3, 0.4) is 0 Å². The molecule has 3 heteroatoms. The number of halogens is 1. The predicted molar refractivity (Wildman–Crippen MR) is 89.5 cm³/mol. The normalized spacial score (nSPS) is 23.9. The highest BCUT2D eigenvalue weighted by Gasteiger charge is 2.32. The first-order valence-electron chi connectivity index (χ1n) is 7.48. The predicted octanol–water partition coefficient (Wildman–Crippen LogP) is 3.74. The van der Waals surface area contributed by atoms with Gasteiger partial charge in [-0.15, -0.1) is 12.4 Å². The van der Waals surface area contributed by atoms with E-state index in [1.165, 1.54) is 18.5 Å². The van der Waals surface area contributed by atoms with Crippen molar-refractivity contribution in [2.75, 3.05) is 26.7 Å². The van der Waals surface area contributed by atoms with Crippen molar-refractivity contribution in [1.82, 2.24) is 10.2 Å². The van der Waals surface area contributed by atoms with Gasteiger partial charge in [0.15, 0.2) is 0 Å². The Bertz CT molecular complexity index is 385. The Labute approximate surface area is 130 Å². The van der Waals surface area contributed by atoms with Crippen LogP contribution >= 0.6 is 12.4 Å². The van der Waals surface area contributed by atoms with E-state index in [4.69, 9.17) is 0 Å². The van der Waals surface area contributed by atoms with Crippen molar-refractivity contribution in [1.29, 1.82) is 0 Å². The lowest BCUT2D eigenvalue weighted by atomic mass is 9.87. The van der Waals surface area contributed by atoms with Gasteiger partial charge in [-0.2, -0.15) is 0 Å². The van der Waals surface area contributed by atoms with Gasteiger partial charge in [-0.05, 0) is 36.9 Å². The van der Waals surface area contributed by atoms with Gasteiger partial charge in [0.05, 0.1) is 0 Å². The maximum absolute atomic E-state index is 3.50. The number of nitrogens with one attached hydrogen (secondary N) is 1. The van der Waals surface area contributed by atoms with Gasteiger partial charge in [-0.25, -0.2) is 0 Å². The van der Waals surface area contributed by atoms with Crippen LogP contribution in [-0.2, 0) is 0 Å². The van der Waals surface area contributed by atoms with Crippen LogP contribution in [0.1, 0.15) is 38.8 Å². The average molecular weight is 297 g/mol. The molecule has 1 aromatic carbocycles. The minimum atomic E-state index is 0. The summed E-state index contributed by atoms with van der Waals surface area (Å²) < 4.78 is 0. The molecule has 0 aliphatic carbocycles. The lowest BCUT2D eigenvalue weighted by molar-refractivity contribution is 0.131. The van der Waals surface area contributed by atoms with E-state index < -0.39 is 0 Å². The summed E-state index contributed by atoms with van der Waals surface area (Å²) in [6, 6.07) is 11.4. The highest BCUT2D eigenvalue weighted by molar-refractivity contribution is 5.85. The molecule has 1 heterocycles. The van der Waals surface area contributed by atoms with Crippen molar-refractivity contribution in [2.45, 2.75) is 33.2 Å². The number of benzene rings is 1. The fourth-order valence-corrected chi connectivity index (χ4v) is 3.50. The second-order valence-corrected chi connectivity index (χ2v) is 6.75. The molecule has 0 aromatic heterocycles. The third-order valence-corrected chi connectivity index (χ3v) is 4.34. The highest BCUT2D eigenvalue weighted by Crippen LogP contribution is 2.32. The maximum Gasteiger partial charge on any atom is 0.0368 e. The molecule has 0 amide bonds. The molecular formula is C17H29ClN2. The van der Waals surface area contributed by atoms with E-state index in [1.807, 2.05) is 0 Å². The molecule has 114 valence electrons. The van der Waals surface area contributed by atoms with Gasteiger partial charge in [0.1, 0.15) is 0 Å². The van der Waals surface area contributed by atoms with Gasteiger partial charge in [0.25, 0.3) is 0 Å². The Morgan fingerprint density at radius 3 is 2.40 bits per heavy atom. The first kappa shape index (κ1) is 17.5. The standard InChI is InChI=1S/C17H28N2.ClH/c1-14(2)16(15-8-6-5-7-9-15)19(4)13-17(3)10-11-18-12-17;/h5-9,14,16,18H,10-13H2,1-4H3;1H. The molecule has 1 fully saturated rings. The van der Waals surface area contributed by atoms with E-state index in [1.54, 1.807) is 0 Å². The Hall–Kier alpha value is -0.570. The van der Waals surface area contributed by atoms with Crippen LogP contribution < -0.4 is 5.32 Å². The summed E-state index contributed by atoms with van der Waals surface area (Å²) in [4.78, 5) is 2.55. The fraction of sp³-hybridized carbons (Fsp3) is 0.647. The molecule has 1 saturated heterocycles. The summed E-state index contributed by atoms with van der Waals surface area (Å²) in [7, 11) is 2.28. The van der Waals surface area contributed by atoms with Gasteiger partial charge in [-0.1, -0.05) is 51.1 Å². The minimum absolute atomic E-state index is 0. The molecule has 0 spiro atoms. The third kappa shape index (κ3) is 4.21. The van der Waals surface area contributed by atoms with Crippen LogP contribution in [0.4, 0.5) is 0 Å². The van der Waals surface area contributed by atoms with Gasteiger partial charge in [-0.3, -0.25) is 4.90 Å². The van der Waals surface area contributed by atoms with Crippen molar-refractivity contribution in [3.63, 3.8) is 0 Å². The molecule has 2 unspecified atom stereocenters. The summed E-state index contributed by atoms with van der Waals surface area (Å²) in [5, 5.41) is 3.50. The van der Waals surface area contributed by atoms with Crippen LogP contribution in [0.15, 0.2) is 30.3 Å². The average Bonchev–Trinajstić information content (AvgIpc) is 2.76. The Balaban J connectivity index is 0.00000200. The van der Waals surface area contributed by atoms with Crippen LogP contribution in [-0.4, -0.2) is 31.6 Å². The van der Waals surface area contributed by atoms with E-state index in [2.05, 4.69) is 68.4 Å². The van der Waals surface area contributed by atoms with Gasteiger partial charge in [0, 0.05) is 19.1 Å². The van der Waals surface area contributed by atoms with E-state index in [0.717, 1.165) is 13.1 Å². The molecule has 0 bridgehead atoms. The second-order valence-electron chi connectivity index (χ2n) is 6.75. The zero-order valence-electron chi connectivity index (χ0n) is 13.2. The minimum Gasteiger partial charge on any atom is -0.316 e.